The van der Waals surface area contributed by atoms with Gasteiger partial charge in [-0.25, -0.2) is 0 Å². The molecule has 0 aliphatic carbocycles. The number of hydrogen-bond acceptors (Lipinski definition) is 1. The van der Waals surface area contributed by atoms with Gasteiger partial charge >= 0.3 is 0 Å². The molecule has 0 amide bonds. The molecule has 0 bridgehead atoms. The van der Waals surface area contributed by atoms with Crippen molar-refractivity contribution in [3.8, 4) is 0 Å². The fourth-order valence-electron chi connectivity index (χ4n) is 3.06. The Morgan fingerprint density at radius 3 is 2.14 bits per heavy atom. The lowest BCUT2D eigenvalue weighted by Gasteiger charge is -2.10. The Hall–Kier alpha value is -0.560. The van der Waals surface area contributed by atoms with Crippen LogP contribution in [0.4, 0.5) is 0 Å². The number of unbranched alkanes of at least 4 members (excludes halogenated alkanes) is 6. The van der Waals surface area contributed by atoms with Crippen LogP contribution in [0.15, 0.2) is 11.0 Å². The number of hydrogen-bond donors (Lipinski definition) is 0. The van der Waals surface area contributed by atoms with Crippen LogP contribution in [0.1, 0.15) is 101 Å². The Balaban J connectivity index is 2.68. The Labute approximate surface area is 143 Å². The average molecular weight is 321 g/mol. The lowest BCUT2D eigenvalue weighted by Crippen LogP contribution is -1.91. The molecule has 1 rings (SSSR count). The van der Waals surface area contributed by atoms with E-state index in [2.05, 4.69) is 40.0 Å². The highest BCUT2D eigenvalue weighted by Crippen LogP contribution is 2.34. The van der Waals surface area contributed by atoms with E-state index in [1.807, 2.05) is 11.3 Å². The van der Waals surface area contributed by atoms with E-state index in [4.69, 9.17) is 0 Å². The fourth-order valence-corrected chi connectivity index (χ4v) is 4.37. The Morgan fingerprint density at radius 2 is 1.55 bits per heavy atom. The van der Waals surface area contributed by atoms with Gasteiger partial charge < -0.3 is 0 Å². The van der Waals surface area contributed by atoms with Crippen LogP contribution in [0, 0.1) is 6.92 Å². The van der Waals surface area contributed by atoms with Gasteiger partial charge in [-0.2, -0.15) is 0 Å². The highest BCUT2D eigenvalue weighted by atomic mass is 32.1. The summed E-state index contributed by atoms with van der Waals surface area (Å²) in [6, 6.07) is 0. The van der Waals surface area contributed by atoms with Gasteiger partial charge in [0.2, 0.25) is 0 Å². The van der Waals surface area contributed by atoms with Crippen LogP contribution in [0.2, 0.25) is 0 Å². The molecule has 0 fully saturated rings. The smallest absolute Gasteiger partial charge is 0.0333 e. The SMILES string of the molecule is CCCCCCC(=C(C)C)c1scc(CCCCCC)c1C. The van der Waals surface area contributed by atoms with Crippen LogP contribution in [0.3, 0.4) is 0 Å². The first-order chi connectivity index (χ1) is 10.6. The highest BCUT2D eigenvalue weighted by molar-refractivity contribution is 7.11. The van der Waals surface area contributed by atoms with Gasteiger partial charge in [0.15, 0.2) is 0 Å². The zero-order valence-electron chi connectivity index (χ0n) is 15.6. The van der Waals surface area contributed by atoms with Crippen LogP contribution in [-0.4, -0.2) is 0 Å². The summed E-state index contributed by atoms with van der Waals surface area (Å²) in [6.07, 6.45) is 13.4. The zero-order chi connectivity index (χ0) is 16.4. The quantitative estimate of drug-likeness (QED) is 0.363. The molecule has 0 unspecified atom stereocenters. The van der Waals surface area contributed by atoms with E-state index < -0.39 is 0 Å². The van der Waals surface area contributed by atoms with Gasteiger partial charge in [-0.05, 0) is 68.5 Å². The molecule has 0 saturated carbocycles. The Kier molecular flexibility index (Phi) is 9.79. The van der Waals surface area contributed by atoms with Crippen molar-refractivity contribution in [1.82, 2.24) is 0 Å². The normalized spacial score (nSPS) is 11.0. The molecule has 1 heteroatoms. The zero-order valence-corrected chi connectivity index (χ0v) is 16.4. The lowest BCUT2D eigenvalue weighted by atomic mass is 9.96. The number of aryl methyl sites for hydroxylation is 1. The first kappa shape index (κ1) is 19.5. The molecule has 0 aromatic carbocycles. The molecule has 0 atom stereocenters. The van der Waals surface area contributed by atoms with Gasteiger partial charge in [0.25, 0.3) is 0 Å². The summed E-state index contributed by atoms with van der Waals surface area (Å²) >= 11 is 1.98. The molecule has 22 heavy (non-hydrogen) atoms. The highest BCUT2D eigenvalue weighted by Gasteiger charge is 2.12. The third-order valence-electron chi connectivity index (χ3n) is 4.60. The topological polar surface area (TPSA) is 0 Å². The summed E-state index contributed by atoms with van der Waals surface area (Å²) in [7, 11) is 0. The molecule has 0 N–H and O–H groups in total. The summed E-state index contributed by atoms with van der Waals surface area (Å²) in [6.45, 7) is 11.5. The second-order valence-corrected chi connectivity index (χ2v) is 7.69. The van der Waals surface area contributed by atoms with E-state index in [0.29, 0.717) is 0 Å². The molecule has 0 saturated heterocycles. The molecule has 1 heterocycles. The number of thiophene rings is 1. The third-order valence-corrected chi connectivity index (χ3v) is 5.79. The van der Waals surface area contributed by atoms with Gasteiger partial charge in [-0.3, -0.25) is 0 Å². The monoisotopic (exact) mass is 320 g/mol. The van der Waals surface area contributed by atoms with Crippen LogP contribution < -0.4 is 0 Å². The largest absolute Gasteiger partial charge is 0.144 e. The maximum Gasteiger partial charge on any atom is 0.0333 e. The minimum Gasteiger partial charge on any atom is -0.144 e. The fraction of sp³-hybridized carbons (Fsp3) is 0.714. The predicted molar refractivity (Wildman–Crippen MR) is 104 cm³/mol. The van der Waals surface area contributed by atoms with Crippen molar-refractivity contribution < 1.29 is 0 Å². The summed E-state index contributed by atoms with van der Waals surface area (Å²) in [5.41, 5.74) is 6.30. The predicted octanol–water partition coefficient (Wildman–Crippen LogP) is 7.94. The van der Waals surface area contributed by atoms with Crippen molar-refractivity contribution in [1.29, 1.82) is 0 Å². The Morgan fingerprint density at radius 1 is 0.909 bits per heavy atom. The van der Waals surface area contributed by atoms with Crippen molar-refractivity contribution in [2.45, 2.75) is 98.8 Å². The van der Waals surface area contributed by atoms with E-state index in [1.165, 1.54) is 69.8 Å². The van der Waals surface area contributed by atoms with E-state index >= 15 is 0 Å². The molecule has 0 nitrogen and oxygen atoms in total. The first-order valence-corrected chi connectivity index (χ1v) is 10.2. The minimum atomic E-state index is 1.26. The molecule has 126 valence electrons. The van der Waals surface area contributed by atoms with E-state index in [1.54, 1.807) is 21.6 Å². The molecular formula is C21H36S. The van der Waals surface area contributed by atoms with Gasteiger partial charge in [0.05, 0.1) is 0 Å². The van der Waals surface area contributed by atoms with Crippen LogP contribution in [-0.2, 0) is 6.42 Å². The third kappa shape index (κ3) is 6.28. The van der Waals surface area contributed by atoms with Gasteiger partial charge in [-0.15, -0.1) is 11.3 Å². The summed E-state index contributed by atoms with van der Waals surface area (Å²) < 4.78 is 0. The van der Waals surface area contributed by atoms with E-state index in [9.17, 15) is 0 Å². The lowest BCUT2D eigenvalue weighted by molar-refractivity contribution is 0.666. The van der Waals surface area contributed by atoms with Gasteiger partial charge in [0, 0.05) is 4.88 Å². The second kappa shape index (κ2) is 11.0. The van der Waals surface area contributed by atoms with Gasteiger partial charge in [-0.1, -0.05) is 57.9 Å². The second-order valence-electron chi connectivity index (χ2n) is 6.81. The minimum absolute atomic E-state index is 1.26. The molecule has 0 spiro atoms. The first-order valence-electron chi connectivity index (χ1n) is 9.35. The van der Waals surface area contributed by atoms with E-state index in [-0.39, 0.29) is 0 Å². The van der Waals surface area contributed by atoms with Crippen LogP contribution in [0.5, 0.6) is 0 Å². The number of rotatable bonds is 11. The summed E-state index contributed by atoms with van der Waals surface area (Å²) in [4.78, 5) is 1.57. The van der Waals surface area contributed by atoms with Crippen molar-refractivity contribution in [2.24, 2.45) is 0 Å². The molecule has 1 aromatic rings. The van der Waals surface area contributed by atoms with Crippen LogP contribution >= 0.6 is 11.3 Å². The van der Waals surface area contributed by atoms with Crippen molar-refractivity contribution in [2.75, 3.05) is 0 Å². The molecule has 1 aromatic heterocycles. The van der Waals surface area contributed by atoms with Gasteiger partial charge in [0.1, 0.15) is 0 Å². The number of allylic oxidation sites excluding steroid dienone is 2. The van der Waals surface area contributed by atoms with E-state index in [0.717, 1.165) is 0 Å². The van der Waals surface area contributed by atoms with Crippen molar-refractivity contribution in [3.05, 3.63) is 27.0 Å². The van der Waals surface area contributed by atoms with Crippen molar-refractivity contribution >= 4 is 16.9 Å². The van der Waals surface area contributed by atoms with Crippen LogP contribution in [0.25, 0.3) is 5.57 Å². The molecule has 0 aliphatic rings. The maximum atomic E-state index is 2.42. The molecule has 0 radical (unpaired) electrons. The maximum absolute atomic E-state index is 2.42. The molecular weight excluding hydrogens is 284 g/mol. The summed E-state index contributed by atoms with van der Waals surface area (Å²) in [5.74, 6) is 0. The van der Waals surface area contributed by atoms with Crippen molar-refractivity contribution in [3.63, 3.8) is 0 Å². The summed E-state index contributed by atoms with van der Waals surface area (Å²) in [5, 5.41) is 2.42. The molecule has 0 aliphatic heterocycles. The Bertz CT molecular complexity index is 446. The average Bonchev–Trinajstić information content (AvgIpc) is 2.84. The standard InChI is InChI=1S/C21H36S/c1-6-8-10-12-14-19-16-22-21(18(19)5)20(17(3)4)15-13-11-9-7-2/h16H,6-15H2,1-5H3.